The summed E-state index contributed by atoms with van der Waals surface area (Å²) in [5.74, 6) is -0.679. The van der Waals surface area contributed by atoms with Gasteiger partial charge < -0.3 is 10.1 Å². The lowest BCUT2D eigenvalue weighted by molar-refractivity contribution is 0.0505. The zero-order chi connectivity index (χ0) is 18.8. The molecule has 0 aromatic carbocycles. The van der Waals surface area contributed by atoms with Crippen LogP contribution in [-0.4, -0.2) is 28.3 Å². The number of aryl methyl sites for hydroxylation is 2. The number of nitrogens with zero attached hydrogens (tertiary/aromatic N) is 2. The van der Waals surface area contributed by atoms with E-state index in [9.17, 15) is 9.59 Å². The second-order valence-corrected chi connectivity index (χ2v) is 8.27. The summed E-state index contributed by atoms with van der Waals surface area (Å²) < 4.78 is 7.67. The van der Waals surface area contributed by atoms with Crippen LogP contribution in [0.15, 0.2) is 4.47 Å². The molecule has 2 aromatic heterocycles. The smallest absolute Gasteiger partial charge is 0.341 e. The third-order valence-corrected chi connectivity index (χ3v) is 6.67. The second kappa shape index (κ2) is 7.92. The second-order valence-electron chi connectivity index (χ2n) is 6.38. The molecule has 0 spiro atoms. The van der Waals surface area contributed by atoms with Crippen molar-refractivity contribution in [1.29, 1.82) is 0 Å². The van der Waals surface area contributed by atoms with Crippen molar-refractivity contribution in [2.45, 2.75) is 46.0 Å². The first-order chi connectivity index (χ1) is 12.4. The minimum Gasteiger partial charge on any atom is -0.462 e. The van der Waals surface area contributed by atoms with E-state index >= 15 is 0 Å². The van der Waals surface area contributed by atoms with Crippen LogP contribution >= 0.6 is 27.3 Å². The number of ether oxygens (including phenoxy) is 1. The van der Waals surface area contributed by atoms with Gasteiger partial charge in [-0.15, -0.1) is 11.3 Å². The number of fused-ring (bicyclic) bond motifs is 1. The first kappa shape index (κ1) is 19.1. The van der Waals surface area contributed by atoms with Crippen molar-refractivity contribution in [3.05, 3.63) is 31.9 Å². The molecule has 6 nitrogen and oxygen atoms in total. The van der Waals surface area contributed by atoms with E-state index in [1.807, 2.05) is 13.8 Å². The van der Waals surface area contributed by atoms with E-state index in [1.54, 1.807) is 11.7 Å². The number of carbonyl (C=O) groups excluding carboxylic acids is 2. The number of thiophene rings is 1. The number of amides is 1. The van der Waals surface area contributed by atoms with Gasteiger partial charge in [0.2, 0.25) is 0 Å². The lowest BCUT2D eigenvalue weighted by Gasteiger charge is -2.12. The third-order valence-electron chi connectivity index (χ3n) is 4.52. The van der Waals surface area contributed by atoms with E-state index in [0.717, 1.165) is 43.4 Å². The quantitative estimate of drug-likeness (QED) is 0.706. The Morgan fingerprint density at radius 1 is 1.35 bits per heavy atom. The maximum atomic E-state index is 12.7. The molecular formula is C18H22BrN3O3S. The van der Waals surface area contributed by atoms with Crippen molar-refractivity contribution >= 4 is 44.1 Å². The van der Waals surface area contributed by atoms with Crippen molar-refractivity contribution in [3.8, 4) is 0 Å². The molecule has 140 valence electrons. The molecule has 0 fully saturated rings. The fraction of sp³-hybridized carbons (Fsp3) is 0.500. The number of halogens is 1. The molecular weight excluding hydrogens is 418 g/mol. The van der Waals surface area contributed by atoms with E-state index in [2.05, 4.69) is 26.3 Å². The van der Waals surface area contributed by atoms with Crippen LogP contribution in [0, 0.1) is 6.92 Å². The number of anilines is 1. The van der Waals surface area contributed by atoms with E-state index in [4.69, 9.17) is 4.74 Å². The third kappa shape index (κ3) is 3.57. The lowest BCUT2D eigenvalue weighted by atomic mass is 9.95. The number of esters is 1. The molecule has 8 heteroatoms. The normalized spacial score (nSPS) is 13.4. The Kier molecular flexibility index (Phi) is 5.82. The van der Waals surface area contributed by atoms with Gasteiger partial charge in [0.25, 0.3) is 5.91 Å². The van der Waals surface area contributed by atoms with Gasteiger partial charge in [-0.25, -0.2) is 4.79 Å². The number of carbonyl (C=O) groups is 2. The van der Waals surface area contributed by atoms with Crippen LogP contribution in [0.25, 0.3) is 0 Å². The maximum Gasteiger partial charge on any atom is 0.341 e. The van der Waals surface area contributed by atoms with Gasteiger partial charge in [0.1, 0.15) is 5.00 Å². The molecule has 0 bridgehead atoms. The Morgan fingerprint density at radius 2 is 2.08 bits per heavy atom. The monoisotopic (exact) mass is 439 g/mol. The lowest BCUT2D eigenvalue weighted by Crippen LogP contribution is -2.17. The molecule has 3 rings (SSSR count). The Balaban J connectivity index is 1.93. The summed E-state index contributed by atoms with van der Waals surface area (Å²) in [6.45, 7) is 4.22. The summed E-state index contributed by atoms with van der Waals surface area (Å²) in [5, 5.41) is 7.72. The molecule has 0 unspecified atom stereocenters. The van der Waals surface area contributed by atoms with Crippen molar-refractivity contribution in [3.63, 3.8) is 0 Å². The molecule has 26 heavy (non-hydrogen) atoms. The summed E-state index contributed by atoms with van der Waals surface area (Å²) in [6.07, 6.45) is 4.71. The zero-order valence-electron chi connectivity index (χ0n) is 15.1. The van der Waals surface area contributed by atoms with Gasteiger partial charge in [0, 0.05) is 11.9 Å². The Morgan fingerprint density at radius 3 is 2.73 bits per heavy atom. The van der Waals surface area contributed by atoms with Gasteiger partial charge in [0.15, 0.2) is 5.69 Å². The summed E-state index contributed by atoms with van der Waals surface area (Å²) in [5.41, 5.74) is 2.73. The van der Waals surface area contributed by atoms with E-state index < -0.39 is 0 Å². The van der Waals surface area contributed by atoms with E-state index in [1.165, 1.54) is 16.2 Å². The minimum absolute atomic E-state index is 0.309. The van der Waals surface area contributed by atoms with Gasteiger partial charge in [-0.2, -0.15) is 5.10 Å². The fourth-order valence-electron chi connectivity index (χ4n) is 3.03. The van der Waals surface area contributed by atoms with Crippen LogP contribution < -0.4 is 5.32 Å². The predicted octanol–water partition coefficient (Wildman–Crippen LogP) is 4.25. The minimum atomic E-state index is -0.349. The van der Waals surface area contributed by atoms with Crippen molar-refractivity contribution in [2.24, 2.45) is 7.05 Å². The highest BCUT2D eigenvalue weighted by Crippen LogP contribution is 2.39. The first-order valence-electron chi connectivity index (χ1n) is 8.76. The standard InChI is InChI=1S/C18H22BrN3O3S/c1-4-9-25-18(24)13-11-7-5-6-8-12(11)26-17(13)20-16(23)15-14(19)10(2)22(3)21-15/h4-9H2,1-3H3,(H,20,23). The van der Waals surface area contributed by atoms with Crippen LogP contribution in [0.2, 0.25) is 0 Å². The highest BCUT2D eigenvalue weighted by molar-refractivity contribution is 9.10. The number of hydrogen-bond acceptors (Lipinski definition) is 5. The average Bonchev–Trinajstić information content (AvgIpc) is 3.11. The van der Waals surface area contributed by atoms with Crippen LogP contribution in [0.3, 0.4) is 0 Å². The fourth-order valence-corrected chi connectivity index (χ4v) is 4.81. The molecule has 1 amide bonds. The molecule has 1 aliphatic rings. The highest BCUT2D eigenvalue weighted by Gasteiger charge is 2.28. The molecule has 1 aliphatic carbocycles. The van der Waals surface area contributed by atoms with Crippen LogP contribution in [0.5, 0.6) is 0 Å². The zero-order valence-corrected chi connectivity index (χ0v) is 17.6. The van der Waals surface area contributed by atoms with Crippen molar-refractivity contribution in [1.82, 2.24) is 9.78 Å². The molecule has 0 saturated heterocycles. The maximum absolute atomic E-state index is 12.7. The highest BCUT2D eigenvalue weighted by atomic mass is 79.9. The van der Waals surface area contributed by atoms with Crippen LogP contribution in [-0.2, 0) is 24.6 Å². The van der Waals surface area contributed by atoms with Gasteiger partial charge in [-0.3, -0.25) is 9.48 Å². The number of rotatable bonds is 5. The van der Waals surface area contributed by atoms with Gasteiger partial charge in [-0.05, 0) is 60.5 Å². The van der Waals surface area contributed by atoms with Crippen molar-refractivity contribution in [2.75, 3.05) is 11.9 Å². The summed E-state index contributed by atoms with van der Waals surface area (Å²) in [6, 6.07) is 0. The van der Waals surface area contributed by atoms with Crippen LogP contribution in [0.4, 0.5) is 5.00 Å². The van der Waals surface area contributed by atoms with Gasteiger partial charge in [-0.1, -0.05) is 6.92 Å². The molecule has 0 aliphatic heterocycles. The Labute approximate surface area is 165 Å². The molecule has 0 atom stereocenters. The molecule has 0 radical (unpaired) electrons. The predicted molar refractivity (Wildman–Crippen MR) is 105 cm³/mol. The first-order valence-corrected chi connectivity index (χ1v) is 10.4. The summed E-state index contributed by atoms with van der Waals surface area (Å²) in [4.78, 5) is 26.5. The van der Waals surface area contributed by atoms with E-state index in [0.29, 0.717) is 27.3 Å². The molecule has 2 aromatic rings. The number of nitrogens with one attached hydrogen (secondary N) is 1. The number of hydrogen-bond donors (Lipinski definition) is 1. The summed E-state index contributed by atoms with van der Waals surface area (Å²) >= 11 is 4.90. The van der Waals surface area contributed by atoms with Crippen molar-refractivity contribution < 1.29 is 14.3 Å². The van der Waals surface area contributed by atoms with Gasteiger partial charge >= 0.3 is 5.97 Å². The topological polar surface area (TPSA) is 73.2 Å². The Bertz CT molecular complexity index is 856. The van der Waals surface area contributed by atoms with Gasteiger partial charge in [0.05, 0.1) is 22.3 Å². The SMILES string of the molecule is CCCOC(=O)c1c(NC(=O)c2nn(C)c(C)c2Br)sc2c1CCCC2. The molecule has 2 heterocycles. The molecule has 1 N–H and O–H groups in total. The van der Waals surface area contributed by atoms with Crippen LogP contribution in [0.1, 0.15) is 63.2 Å². The number of aromatic nitrogens is 2. The average molecular weight is 440 g/mol. The largest absolute Gasteiger partial charge is 0.462 e. The van der Waals surface area contributed by atoms with E-state index in [-0.39, 0.29) is 11.9 Å². The molecule has 0 saturated carbocycles. The summed E-state index contributed by atoms with van der Waals surface area (Å²) in [7, 11) is 1.79. The Hall–Kier alpha value is -1.67.